The summed E-state index contributed by atoms with van der Waals surface area (Å²) in [5.74, 6) is 1.39. The summed E-state index contributed by atoms with van der Waals surface area (Å²) in [5.41, 5.74) is 7.75. The van der Waals surface area contributed by atoms with Crippen LogP contribution in [0.5, 0.6) is 0 Å². The van der Waals surface area contributed by atoms with Gasteiger partial charge in [-0.05, 0) is 31.0 Å². The van der Waals surface area contributed by atoms with Crippen molar-refractivity contribution in [1.29, 1.82) is 0 Å². The minimum atomic E-state index is 0.580. The lowest BCUT2D eigenvalue weighted by molar-refractivity contribution is 0.602. The van der Waals surface area contributed by atoms with Gasteiger partial charge in [0, 0.05) is 42.9 Å². The van der Waals surface area contributed by atoms with Gasteiger partial charge in [0.15, 0.2) is 0 Å². The number of H-pyrrole nitrogens is 1. The molecule has 0 aromatic carbocycles. The largest absolute Gasteiger partial charge is 0.361 e. The molecule has 0 bridgehead atoms. The highest BCUT2D eigenvalue weighted by atomic mass is 15.3. The summed E-state index contributed by atoms with van der Waals surface area (Å²) in [5, 5.41) is 0. The van der Waals surface area contributed by atoms with Gasteiger partial charge in [0.05, 0.1) is 0 Å². The molecule has 5 heteroatoms. The molecule has 0 radical (unpaired) electrons. The number of aromatic nitrogens is 3. The third kappa shape index (κ3) is 2.09. The average Bonchev–Trinajstić information content (AvgIpc) is 3.10. The molecule has 0 spiro atoms. The van der Waals surface area contributed by atoms with Gasteiger partial charge in [-0.3, -0.25) is 0 Å². The maximum Gasteiger partial charge on any atom is 0.225 e. The fourth-order valence-corrected chi connectivity index (χ4v) is 2.34. The maximum atomic E-state index is 5.69. The Kier molecular flexibility index (Phi) is 2.98. The number of anilines is 1. The van der Waals surface area contributed by atoms with Gasteiger partial charge in [-0.25, -0.2) is 9.97 Å². The summed E-state index contributed by atoms with van der Waals surface area (Å²) in [7, 11) is 0. The Hall–Kier alpha value is -1.88. The van der Waals surface area contributed by atoms with E-state index in [0.717, 1.165) is 43.3 Å². The van der Waals surface area contributed by atoms with E-state index in [-0.39, 0.29) is 0 Å². The highest BCUT2D eigenvalue weighted by molar-refractivity contribution is 5.57. The molecule has 3 rings (SSSR count). The van der Waals surface area contributed by atoms with Crippen molar-refractivity contribution in [1.82, 2.24) is 15.0 Å². The number of nitrogens with two attached hydrogens (primary N) is 1. The molecule has 1 saturated heterocycles. The molecule has 5 nitrogen and oxygen atoms in total. The number of nitrogens with one attached hydrogen (secondary N) is 1. The Labute approximate surface area is 106 Å². The van der Waals surface area contributed by atoms with Gasteiger partial charge in [0.2, 0.25) is 5.95 Å². The van der Waals surface area contributed by atoms with Crippen molar-refractivity contribution in [3.63, 3.8) is 0 Å². The first-order valence-corrected chi connectivity index (χ1v) is 6.27. The topological polar surface area (TPSA) is 70.8 Å². The van der Waals surface area contributed by atoms with Crippen molar-refractivity contribution in [2.45, 2.75) is 6.42 Å². The molecule has 1 aliphatic rings. The van der Waals surface area contributed by atoms with Crippen molar-refractivity contribution >= 4 is 5.95 Å². The molecule has 3 N–H and O–H groups in total. The Morgan fingerprint density at radius 3 is 2.83 bits per heavy atom. The van der Waals surface area contributed by atoms with Gasteiger partial charge < -0.3 is 15.6 Å². The van der Waals surface area contributed by atoms with E-state index in [9.17, 15) is 0 Å². The summed E-state index contributed by atoms with van der Waals surface area (Å²) in [6.45, 7) is 2.72. The van der Waals surface area contributed by atoms with Gasteiger partial charge in [-0.15, -0.1) is 0 Å². The summed E-state index contributed by atoms with van der Waals surface area (Å²) in [4.78, 5) is 14.2. The summed E-state index contributed by atoms with van der Waals surface area (Å²) < 4.78 is 0. The second-order valence-corrected chi connectivity index (χ2v) is 4.69. The normalized spacial score (nSPS) is 19.4. The van der Waals surface area contributed by atoms with Crippen LogP contribution in [0, 0.1) is 5.92 Å². The van der Waals surface area contributed by atoms with E-state index in [1.165, 1.54) is 0 Å². The zero-order chi connectivity index (χ0) is 12.4. The SMILES string of the molecule is NCC1CCN(c2ncc(-c3ccc[nH]3)cn2)C1. The molecule has 3 heterocycles. The Balaban J connectivity index is 1.76. The van der Waals surface area contributed by atoms with Crippen molar-refractivity contribution in [2.75, 3.05) is 24.5 Å². The van der Waals surface area contributed by atoms with Gasteiger partial charge >= 0.3 is 0 Å². The first kappa shape index (κ1) is 11.2. The number of hydrogen-bond donors (Lipinski definition) is 2. The molecular weight excluding hydrogens is 226 g/mol. The van der Waals surface area contributed by atoms with E-state index >= 15 is 0 Å². The van der Waals surface area contributed by atoms with E-state index in [1.807, 2.05) is 30.7 Å². The summed E-state index contributed by atoms with van der Waals surface area (Å²) >= 11 is 0. The van der Waals surface area contributed by atoms with Crippen LogP contribution in [0.2, 0.25) is 0 Å². The fourth-order valence-electron chi connectivity index (χ4n) is 2.34. The van der Waals surface area contributed by atoms with E-state index < -0.39 is 0 Å². The molecule has 0 amide bonds. The van der Waals surface area contributed by atoms with Crippen molar-refractivity contribution in [3.8, 4) is 11.3 Å². The summed E-state index contributed by atoms with van der Waals surface area (Å²) in [6.07, 6.45) is 6.77. The van der Waals surface area contributed by atoms with Crippen LogP contribution >= 0.6 is 0 Å². The highest BCUT2D eigenvalue weighted by Gasteiger charge is 2.22. The first-order chi connectivity index (χ1) is 8.86. The lowest BCUT2D eigenvalue weighted by atomic mass is 10.1. The standard InChI is InChI=1S/C13H17N5/c14-6-10-3-5-18(9-10)13-16-7-11(8-17-13)12-2-1-4-15-12/h1-2,4,7-8,10,15H,3,5-6,9,14H2. The van der Waals surface area contributed by atoms with Crippen LogP contribution in [0.1, 0.15) is 6.42 Å². The summed E-state index contributed by atoms with van der Waals surface area (Å²) in [6, 6.07) is 3.98. The van der Waals surface area contributed by atoms with Crippen LogP contribution in [0.4, 0.5) is 5.95 Å². The molecule has 2 aromatic heterocycles. The second-order valence-electron chi connectivity index (χ2n) is 4.69. The third-order valence-electron chi connectivity index (χ3n) is 3.45. The smallest absolute Gasteiger partial charge is 0.225 e. The third-order valence-corrected chi connectivity index (χ3v) is 3.45. The van der Waals surface area contributed by atoms with Crippen LogP contribution in [-0.2, 0) is 0 Å². The lowest BCUT2D eigenvalue weighted by Crippen LogP contribution is -2.24. The zero-order valence-electron chi connectivity index (χ0n) is 10.2. The second kappa shape index (κ2) is 4.78. The minimum Gasteiger partial charge on any atom is -0.361 e. The Bertz CT molecular complexity index is 491. The van der Waals surface area contributed by atoms with E-state index in [2.05, 4.69) is 19.9 Å². The van der Waals surface area contributed by atoms with Crippen molar-refractivity contribution in [3.05, 3.63) is 30.7 Å². The molecular formula is C13H17N5. The number of hydrogen-bond acceptors (Lipinski definition) is 4. The molecule has 94 valence electrons. The predicted molar refractivity (Wildman–Crippen MR) is 71.2 cm³/mol. The van der Waals surface area contributed by atoms with Crippen LogP contribution in [0.3, 0.4) is 0 Å². The van der Waals surface area contributed by atoms with Crippen LogP contribution in [-0.4, -0.2) is 34.6 Å². The van der Waals surface area contributed by atoms with Crippen LogP contribution in [0.25, 0.3) is 11.3 Å². The monoisotopic (exact) mass is 243 g/mol. The predicted octanol–water partition coefficient (Wildman–Crippen LogP) is 1.26. The van der Waals surface area contributed by atoms with E-state index in [1.54, 1.807) is 0 Å². The van der Waals surface area contributed by atoms with Crippen LogP contribution < -0.4 is 10.6 Å². The average molecular weight is 243 g/mol. The molecule has 0 saturated carbocycles. The van der Waals surface area contributed by atoms with Crippen molar-refractivity contribution in [2.24, 2.45) is 11.7 Å². The molecule has 1 fully saturated rings. The lowest BCUT2D eigenvalue weighted by Gasteiger charge is -2.15. The van der Waals surface area contributed by atoms with Crippen molar-refractivity contribution < 1.29 is 0 Å². The first-order valence-electron chi connectivity index (χ1n) is 6.27. The highest BCUT2D eigenvalue weighted by Crippen LogP contribution is 2.21. The quantitative estimate of drug-likeness (QED) is 0.851. The van der Waals surface area contributed by atoms with Crippen LogP contribution in [0.15, 0.2) is 30.7 Å². The van der Waals surface area contributed by atoms with Gasteiger partial charge in [-0.2, -0.15) is 0 Å². The Morgan fingerprint density at radius 1 is 1.39 bits per heavy atom. The molecule has 1 atom stereocenters. The van der Waals surface area contributed by atoms with Gasteiger partial charge in [0.1, 0.15) is 0 Å². The minimum absolute atomic E-state index is 0.580. The zero-order valence-corrected chi connectivity index (χ0v) is 10.2. The maximum absolute atomic E-state index is 5.69. The Morgan fingerprint density at radius 2 is 2.22 bits per heavy atom. The molecule has 1 unspecified atom stereocenters. The van der Waals surface area contributed by atoms with Gasteiger partial charge in [-0.1, -0.05) is 0 Å². The number of aromatic amines is 1. The molecule has 2 aromatic rings. The number of nitrogens with zero attached hydrogens (tertiary/aromatic N) is 3. The number of rotatable bonds is 3. The van der Waals surface area contributed by atoms with E-state index in [0.29, 0.717) is 5.92 Å². The molecule has 0 aliphatic carbocycles. The van der Waals surface area contributed by atoms with E-state index in [4.69, 9.17) is 5.73 Å². The fraction of sp³-hybridized carbons (Fsp3) is 0.385. The molecule has 18 heavy (non-hydrogen) atoms. The van der Waals surface area contributed by atoms with Gasteiger partial charge in [0.25, 0.3) is 0 Å². The molecule has 1 aliphatic heterocycles.